The fraction of sp³-hybridized carbons (Fsp3) is 0.353. The Balaban J connectivity index is 1.83. The van der Waals surface area contributed by atoms with Gasteiger partial charge in [-0.2, -0.15) is 5.10 Å². The average molecular weight is 312 g/mol. The standard InChI is InChI=1S/C17H20N4O2/c1-13-12-16(21(18-13)15-6-4-3-5-7-15)17(23)20-10-8-19(9-11-20)14(2)22/h3-7,12H,8-11H2,1-2H3. The molecule has 120 valence electrons. The van der Waals surface area contributed by atoms with Crippen molar-refractivity contribution >= 4 is 11.8 Å². The molecule has 0 atom stereocenters. The van der Waals surface area contributed by atoms with Gasteiger partial charge in [0, 0.05) is 33.1 Å². The number of hydrogen-bond donors (Lipinski definition) is 0. The van der Waals surface area contributed by atoms with Crippen molar-refractivity contribution in [3.8, 4) is 5.69 Å². The molecule has 0 unspecified atom stereocenters. The summed E-state index contributed by atoms with van der Waals surface area (Å²) in [4.78, 5) is 27.8. The molecule has 0 saturated carbocycles. The van der Waals surface area contributed by atoms with Gasteiger partial charge in [-0.25, -0.2) is 4.68 Å². The molecule has 6 heteroatoms. The smallest absolute Gasteiger partial charge is 0.272 e. The predicted molar refractivity (Wildman–Crippen MR) is 86.5 cm³/mol. The van der Waals surface area contributed by atoms with E-state index in [4.69, 9.17) is 0 Å². The summed E-state index contributed by atoms with van der Waals surface area (Å²) in [7, 11) is 0. The molecule has 3 rings (SSSR count). The molecule has 1 aliphatic heterocycles. The lowest BCUT2D eigenvalue weighted by atomic mass is 10.2. The Morgan fingerprint density at radius 1 is 1.00 bits per heavy atom. The highest BCUT2D eigenvalue weighted by Gasteiger charge is 2.26. The van der Waals surface area contributed by atoms with Gasteiger partial charge in [-0.15, -0.1) is 0 Å². The fourth-order valence-electron chi connectivity index (χ4n) is 2.80. The maximum absolute atomic E-state index is 12.8. The molecule has 1 saturated heterocycles. The van der Waals surface area contributed by atoms with Gasteiger partial charge in [-0.05, 0) is 25.1 Å². The van der Waals surface area contributed by atoms with Crippen molar-refractivity contribution in [2.24, 2.45) is 0 Å². The molecule has 2 amide bonds. The quantitative estimate of drug-likeness (QED) is 0.844. The normalized spacial score (nSPS) is 14.9. The zero-order valence-electron chi connectivity index (χ0n) is 13.4. The van der Waals surface area contributed by atoms with Crippen LogP contribution >= 0.6 is 0 Å². The van der Waals surface area contributed by atoms with E-state index >= 15 is 0 Å². The molecule has 0 N–H and O–H groups in total. The van der Waals surface area contributed by atoms with Crippen molar-refractivity contribution in [1.82, 2.24) is 19.6 Å². The number of nitrogens with zero attached hydrogens (tertiary/aromatic N) is 4. The summed E-state index contributed by atoms with van der Waals surface area (Å²) in [5, 5.41) is 4.44. The van der Waals surface area contributed by atoms with Crippen molar-refractivity contribution < 1.29 is 9.59 Å². The lowest BCUT2D eigenvalue weighted by Gasteiger charge is -2.34. The van der Waals surface area contributed by atoms with Crippen LogP contribution in [-0.2, 0) is 4.79 Å². The second kappa shape index (κ2) is 6.24. The number of piperazine rings is 1. The monoisotopic (exact) mass is 312 g/mol. The SMILES string of the molecule is CC(=O)N1CCN(C(=O)c2cc(C)nn2-c2ccccc2)CC1. The molecule has 1 aromatic heterocycles. The third kappa shape index (κ3) is 3.11. The molecule has 23 heavy (non-hydrogen) atoms. The van der Waals surface area contributed by atoms with Crippen LogP contribution in [0.25, 0.3) is 5.69 Å². The highest BCUT2D eigenvalue weighted by Crippen LogP contribution is 2.15. The molecule has 2 heterocycles. The number of carbonyl (C=O) groups excluding carboxylic acids is 2. The van der Waals surface area contributed by atoms with Crippen LogP contribution in [0.1, 0.15) is 23.1 Å². The van der Waals surface area contributed by atoms with Crippen LogP contribution in [0.4, 0.5) is 0 Å². The number of carbonyl (C=O) groups is 2. The molecule has 1 aromatic carbocycles. The minimum absolute atomic E-state index is 0.0438. The number of rotatable bonds is 2. The van der Waals surface area contributed by atoms with Gasteiger partial charge in [0.1, 0.15) is 5.69 Å². The molecule has 0 spiro atoms. The number of benzene rings is 1. The van der Waals surface area contributed by atoms with Crippen LogP contribution in [0, 0.1) is 6.92 Å². The Hall–Kier alpha value is -2.63. The third-order valence-electron chi connectivity index (χ3n) is 4.06. The van der Waals surface area contributed by atoms with Crippen LogP contribution in [-0.4, -0.2) is 57.6 Å². The van der Waals surface area contributed by atoms with E-state index in [0.717, 1.165) is 11.4 Å². The third-order valence-corrected chi connectivity index (χ3v) is 4.06. The predicted octanol–water partition coefficient (Wildman–Crippen LogP) is 1.49. The molecular weight excluding hydrogens is 292 g/mol. The highest BCUT2D eigenvalue weighted by atomic mass is 16.2. The minimum atomic E-state index is -0.0438. The molecule has 1 fully saturated rings. The summed E-state index contributed by atoms with van der Waals surface area (Å²) in [5.41, 5.74) is 2.23. The average Bonchev–Trinajstić information content (AvgIpc) is 2.97. The summed E-state index contributed by atoms with van der Waals surface area (Å²) in [6, 6.07) is 11.4. The van der Waals surface area contributed by atoms with Crippen LogP contribution < -0.4 is 0 Å². The minimum Gasteiger partial charge on any atom is -0.339 e. The summed E-state index contributed by atoms with van der Waals surface area (Å²) >= 11 is 0. The Morgan fingerprint density at radius 2 is 1.61 bits per heavy atom. The Kier molecular flexibility index (Phi) is 4.14. The molecule has 0 bridgehead atoms. The van der Waals surface area contributed by atoms with E-state index in [9.17, 15) is 9.59 Å². The number of amides is 2. The second-order valence-corrected chi connectivity index (χ2v) is 5.72. The van der Waals surface area contributed by atoms with Gasteiger partial charge in [-0.3, -0.25) is 9.59 Å². The lowest BCUT2D eigenvalue weighted by Crippen LogP contribution is -2.50. The van der Waals surface area contributed by atoms with E-state index < -0.39 is 0 Å². The first-order valence-electron chi connectivity index (χ1n) is 7.73. The molecule has 0 radical (unpaired) electrons. The van der Waals surface area contributed by atoms with E-state index in [0.29, 0.717) is 31.9 Å². The van der Waals surface area contributed by atoms with Crippen LogP contribution in [0.3, 0.4) is 0 Å². The van der Waals surface area contributed by atoms with Crippen LogP contribution in [0.5, 0.6) is 0 Å². The van der Waals surface area contributed by atoms with Crippen molar-refractivity contribution in [3.63, 3.8) is 0 Å². The zero-order chi connectivity index (χ0) is 16.4. The Morgan fingerprint density at radius 3 is 2.22 bits per heavy atom. The highest BCUT2D eigenvalue weighted by molar-refractivity contribution is 5.93. The first kappa shape index (κ1) is 15.3. The Labute approximate surface area is 135 Å². The summed E-state index contributed by atoms with van der Waals surface area (Å²) in [6.07, 6.45) is 0. The van der Waals surface area contributed by atoms with Crippen molar-refractivity contribution in [1.29, 1.82) is 0 Å². The maximum Gasteiger partial charge on any atom is 0.272 e. The van der Waals surface area contributed by atoms with E-state index in [1.54, 1.807) is 21.4 Å². The van der Waals surface area contributed by atoms with Crippen molar-refractivity contribution in [3.05, 3.63) is 47.8 Å². The number of aryl methyl sites for hydroxylation is 1. The van der Waals surface area contributed by atoms with Gasteiger partial charge in [0.25, 0.3) is 5.91 Å². The van der Waals surface area contributed by atoms with E-state index in [2.05, 4.69) is 5.10 Å². The van der Waals surface area contributed by atoms with Crippen LogP contribution in [0.2, 0.25) is 0 Å². The van der Waals surface area contributed by atoms with Gasteiger partial charge < -0.3 is 9.80 Å². The van der Waals surface area contributed by atoms with Gasteiger partial charge >= 0.3 is 0 Å². The lowest BCUT2D eigenvalue weighted by molar-refractivity contribution is -0.130. The molecule has 0 aliphatic carbocycles. The second-order valence-electron chi connectivity index (χ2n) is 5.72. The number of para-hydroxylation sites is 1. The molecular formula is C17H20N4O2. The molecule has 1 aliphatic rings. The Bertz CT molecular complexity index is 715. The van der Waals surface area contributed by atoms with Crippen molar-refractivity contribution in [2.75, 3.05) is 26.2 Å². The van der Waals surface area contributed by atoms with Gasteiger partial charge in [0.2, 0.25) is 5.91 Å². The van der Waals surface area contributed by atoms with E-state index in [1.165, 1.54) is 0 Å². The zero-order valence-corrected chi connectivity index (χ0v) is 13.4. The first-order valence-corrected chi connectivity index (χ1v) is 7.73. The topological polar surface area (TPSA) is 58.4 Å². The summed E-state index contributed by atoms with van der Waals surface area (Å²) in [6.45, 7) is 5.71. The largest absolute Gasteiger partial charge is 0.339 e. The first-order chi connectivity index (χ1) is 11.1. The summed E-state index contributed by atoms with van der Waals surface area (Å²) in [5.74, 6) is 0.0138. The van der Waals surface area contributed by atoms with Gasteiger partial charge in [0.15, 0.2) is 0 Å². The van der Waals surface area contributed by atoms with E-state index in [1.807, 2.05) is 43.3 Å². The molecule has 2 aromatic rings. The number of hydrogen-bond acceptors (Lipinski definition) is 3. The van der Waals surface area contributed by atoms with Gasteiger partial charge in [0.05, 0.1) is 11.4 Å². The van der Waals surface area contributed by atoms with Crippen LogP contribution in [0.15, 0.2) is 36.4 Å². The fourth-order valence-corrected chi connectivity index (χ4v) is 2.80. The molecule has 6 nitrogen and oxygen atoms in total. The van der Waals surface area contributed by atoms with E-state index in [-0.39, 0.29) is 11.8 Å². The summed E-state index contributed by atoms with van der Waals surface area (Å²) < 4.78 is 1.69. The van der Waals surface area contributed by atoms with Crippen molar-refractivity contribution in [2.45, 2.75) is 13.8 Å². The maximum atomic E-state index is 12.8. The number of aromatic nitrogens is 2. The van der Waals surface area contributed by atoms with Gasteiger partial charge in [-0.1, -0.05) is 18.2 Å².